The molecule has 0 saturated heterocycles. The molecular weight excluding hydrogens is 236 g/mol. The second-order valence-corrected chi connectivity index (χ2v) is 4.27. The molecule has 0 spiro atoms. The van der Waals surface area contributed by atoms with Crippen molar-refractivity contribution in [3.63, 3.8) is 0 Å². The minimum Gasteiger partial charge on any atom is -0.397 e. The van der Waals surface area contributed by atoms with E-state index in [-0.39, 0.29) is 5.78 Å². The molecule has 2 rings (SSSR count). The topological polar surface area (TPSA) is 55.1 Å². The molecule has 0 aliphatic carbocycles. The number of allylic oxidation sites excluding steroid dienone is 2. The van der Waals surface area contributed by atoms with E-state index < -0.39 is 0 Å². The number of nitrogen functional groups attached to an aromatic ring is 1. The zero-order chi connectivity index (χ0) is 13.7. The molecule has 0 unspecified atom stereocenters. The summed E-state index contributed by atoms with van der Waals surface area (Å²) >= 11 is 0. The Hall–Kier alpha value is -2.55. The summed E-state index contributed by atoms with van der Waals surface area (Å²) in [6, 6.07) is 16.6. The van der Waals surface area contributed by atoms with Crippen LogP contribution in [-0.4, -0.2) is 5.78 Å². The Kier molecular flexibility index (Phi) is 3.98. The summed E-state index contributed by atoms with van der Waals surface area (Å²) in [7, 11) is 0. The van der Waals surface area contributed by atoms with E-state index in [4.69, 9.17) is 5.73 Å². The maximum Gasteiger partial charge on any atom is 0.187 e. The molecular formula is C16H16N2O. The zero-order valence-corrected chi connectivity index (χ0v) is 10.8. The summed E-state index contributed by atoms with van der Waals surface area (Å²) in [5.41, 5.74) is 8.72. The summed E-state index contributed by atoms with van der Waals surface area (Å²) in [4.78, 5) is 12.0. The van der Waals surface area contributed by atoms with Crippen molar-refractivity contribution in [2.24, 2.45) is 0 Å². The fraction of sp³-hybridized carbons (Fsp3) is 0.0625. The van der Waals surface area contributed by atoms with Crippen LogP contribution in [0.3, 0.4) is 0 Å². The fourth-order valence-electron chi connectivity index (χ4n) is 1.74. The van der Waals surface area contributed by atoms with Gasteiger partial charge >= 0.3 is 0 Å². The van der Waals surface area contributed by atoms with Crippen molar-refractivity contribution in [1.29, 1.82) is 0 Å². The van der Waals surface area contributed by atoms with E-state index in [9.17, 15) is 4.79 Å². The molecule has 0 fully saturated rings. The van der Waals surface area contributed by atoms with Crippen LogP contribution in [0, 0.1) is 0 Å². The second-order valence-electron chi connectivity index (χ2n) is 4.27. The van der Waals surface area contributed by atoms with Crippen molar-refractivity contribution < 1.29 is 4.79 Å². The lowest BCUT2D eigenvalue weighted by atomic mass is 10.1. The van der Waals surface area contributed by atoms with Crippen LogP contribution < -0.4 is 11.1 Å². The van der Waals surface area contributed by atoms with Crippen LogP contribution in [0.5, 0.6) is 0 Å². The van der Waals surface area contributed by atoms with Crippen molar-refractivity contribution in [1.82, 2.24) is 0 Å². The number of carbonyl (C=O) groups excluding carboxylic acids is 1. The van der Waals surface area contributed by atoms with Gasteiger partial charge in [0.05, 0.1) is 11.4 Å². The predicted molar refractivity (Wildman–Crippen MR) is 79.0 cm³/mol. The molecule has 0 heterocycles. The number of carbonyl (C=O) groups is 1. The number of hydrogen-bond donors (Lipinski definition) is 2. The molecule has 19 heavy (non-hydrogen) atoms. The first-order valence-electron chi connectivity index (χ1n) is 6.06. The Labute approximate surface area is 112 Å². The molecule has 2 aromatic rings. The maximum atomic E-state index is 12.0. The number of nitrogens with one attached hydrogen (secondary N) is 1. The normalized spacial score (nSPS) is 11.1. The van der Waals surface area contributed by atoms with Gasteiger partial charge in [0.1, 0.15) is 0 Å². The van der Waals surface area contributed by atoms with E-state index in [1.54, 1.807) is 18.2 Å². The highest BCUT2D eigenvalue weighted by Gasteiger charge is 2.03. The average Bonchev–Trinajstić information content (AvgIpc) is 2.42. The summed E-state index contributed by atoms with van der Waals surface area (Å²) < 4.78 is 0. The van der Waals surface area contributed by atoms with Gasteiger partial charge in [-0.1, -0.05) is 42.5 Å². The highest BCUT2D eigenvalue weighted by molar-refractivity contribution is 6.05. The molecule has 2 aromatic carbocycles. The van der Waals surface area contributed by atoms with Crippen LogP contribution in [0.25, 0.3) is 0 Å². The predicted octanol–water partition coefficient (Wildman–Crippen LogP) is 3.47. The summed E-state index contributed by atoms with van der Waals surface area (Å²) in [6.45, 7) is 1.84. The Balaban J connectivity index is 2.12. The number of benzene rings is 2. The van der Waals surface area contributed by atoms with Crippen LogP contribution in [0.1, 0.15) is 17.3 Å². The zero-order valence-electron chi connectivity index (χ0n) is 10.8. The van der Waals surface area contributed by atoms with E-state index in [0.717, 1.165) is 11.4 Å². The van der Waals surface area contributed by atoms with Gasteiger partial charge in [-0.3, -0.25) is 4.79 Å². The Morgan fingerprint density at radius 1 is 1.05 bits per heavy atom. The molecule has 3 N–H and O–H groups in total. The number of rotatable bonds is 4. The highest BCUT2D eigenvalue weighted by Crippen LogP contribution is 2.18. The first kappa shape index (κ1) is 12.9. The third-order valence-corrected chi connectivity index (χ3v) is 2.70. The Bertz CT molecular complexity index is 603. The van der Waals surface area contributed by atoms with Crippen molar-refractivity contribution in [3.8, 4) is 0 Å². The molecule has 0 radical (unpaired) electrons. The van der Waals surface area contributed by atoms with E-state index in [2.05, 4.69) is 5.32 Å². The first-order valence-corrected chi connectivity index (χ1v) is 6.06. The lowest BCUT2D eigenvalue weighted by Gasteiger charge is -2.08. The van der Waals surface area contributed by atoms with Crippen LogP contribution in [0.2, 0.25) is 0 Å². The molecule has 0 aromatic heterocycles. The fourth-order valence-corrected chi connectivity index (χ4v) is 1.74. The van der Waals surface area contributed by atoms with Crippen molar-refractivity contribution in [2.45, 2.75) is 6.92 Å². The van der Waals surface area contributed by atoms with Gasteiger partial charge < -0.3 is 11.1 Å². The van der Waals surface area contributed by atoms with E-state index >= 15 is 0 Å². The van der Waals surface area contributed by atoms with Gasteiger partial charge in [0, 0.05) is 17.3 Å². The van der Waals surface area contributed by atoms with Crippen molar-refractivity contribution in [2.75, 3.05) is 11.1 Å². The second kappa shape index (κ2) is 5.87. The molecule has 3 nitrogen and oxygen atoms in total. The SMILES string of the molecule is C/C(=C\C(=O)c1ccccc1)Nc1ccccc1N. The molecule has 0 aliphatic rings. The smallest absolute Gasteiger partial charge is 0.187 e. The number of hydrogen-bond acceptors (Lipinski definition) is 3. The molecule has 0 atom stereocenters. The molecule has 0 amide bonds. The molecule has 3 heteroatoms. The number of anilines is 2. The van der Waals surface area contributed by atoms with Gasteiger partial charge in [-0.05, 0) is 19.1 Å². The van der Waals surface area contributed by atoms with Crippen LogP contribution >= 0.6 is 0 Å². The van der Waals surface area contributed by atoms with Crippen molar-refractivity contribution >= 4 is 17.2 Å². The summed E-state index contributed by atoms with van der Waals surface area (Å²) in [6.07, 6.45) is 1.57. The Morgan fingerprint density at radius 3 is 2.37 bits per heavy atom. The summed E-state index contributed by atoms with van der Waals surface area (Å²) in [5, 5.41) is 3.13. The van der Waals surface area contributed by atoms with E-state index in [0.29, 0.717) is 11.3 Å². The third-order valence-electron chi connectivity index (χ3n) is 2.70. The lowest BCUT2D eigenvalue weighted by molar-refractivity contribution is 0.104. The quantitative estimate of drug-likeness (QED) is 0.497. The molecule has 0 saturated carbocycles. The van der Waals surface area contributed by atoms with Gasteiger partial charge in [0.25, 0.3) is 0 Å². The van der Waals surface area contributed by atoms with Gasteiger partial charge in [0.15, 0.2) is 5.78 Å². The van der Waals surface area contributed by atoms with E-state index in [1.807, 2.05) is 49.4 Å². The van der Waals surface area contributed by atoms with Crippen LogP contribution in [-0.2, 0) is 0 Å². The number of para-hydroxylation sites is 2. The highest BCUT2D eigenvalue weighted by atomic mass is 16.1. The maximum absolute atomic E-state index is 12.0. The van der Waals surface area contributed by atoms with Crippen LogP contribution in [0.4, 0.5) is 11.4 Å². The van der Waals surface area contributed by atoms with Crippen LogP contribution in [0.15, 0.2) is 66.4 Å². The molecule has 0 aliphatic heterocycles. The van der Waals surface area contributed by atoms with E-state index in [1.165, 1.54) is 0 Å². The largest absolute Gasteiger partial charge is 0.397 e. The standard InChI is InChI=1S/C16H16N2O/c1-12(18-15-10-6-5-9-14(15)17)11-16(19)13-7-3-2-4-8-13/h2-11,18H,17H2,1H3/b12-11+. The molecule has 0 bridgehead atoms. The molecule has 96 valence electrons. The van der Waals surface area contributed by atoms with Gasteiger partial charge in [-0.2, -0.15) is 0 Å². The minimum atomic E-state index is -0.0277. The first-order chi connectivity index (χ1) is 9.16. The minimum absolute atomic E-state index is 0.0277. The average molecular weight is 252 g/mol. The lowest BCUT2D eigenvalue weighted by Crippen LogP contribution is -2.03. The van der Waals surface area contributed by atoms with Gasteiger partial charge in [0.2, 0.25) is 0 Å². The van der Waals surface area contributed by atoms with Gasteiger partial charge in [-0.15, -0.1) is 0 Å². The number of ketones is 1. The number of nitrogens with two attached hydrogens (primary N) is 1. The van der Waals surface area contributed by atoms with Gasteiger partial charge in [-0.25, -0.2) is 0 Å². The third kappa shape index (κ3) is 3.45. The van der Waals surface area contributed by atoms with Crippen molar-refractivity contribution in [3.05, 3.63) is 71.9 Å². The monoisotopic (exact) mass is 252 g/mol. The summed E-state index contributed by atoms with van der Waals surface area (Å²) in [5.74, 6) is -0.0277. The Morgan fingerprint density at radius 2 is 1.68 bits per heavy atom.